The van der Waals surface area contributed by atoms with Crippen molar-refractivity contribution in [3.05, 3.63) is 35.9 Å². The minimum Gasteiger partial charge on any atom is -0.465 e. The summed E-state index contributed by atoms with van der Waals surface area (Å²) in [5.41, 5.74) is -0.508. The van der Waals surface area contributed by atoms with Crippen molar-refractivity contribution in [1.82, 2.24) is 20.9 Å². The number of benzene rings is 1. The lowest BCUT2D eigenvalue weighted by molar-refractivity contribution is -0.142. The number of carboxylic acid groups (broad SMARTS) is 1. The number of nitrogens with zero attached hydrogens (tertiary/aromatic N) is 1. The molecule has 10 nitrogen and oxygen atoms in total. The zero-order valence-corrected chi connectivity index (χ0v) is 21.8. The van der Waals surface area contributed by atoms with Crippen molar-refractivity contribution in [3.8, 4) is 0 Å². The van der Waals surface area contributed by atoms with E-state index in [0.717, 1.165) is 31.2 Å². The lowest BCUT2D eigenvalue weighted by Crippen LogP contribution is -2.60. The van der Waals surface area contributed by atoms with Crippen LogP contribution in [0.15, 0.2) is 30.3 Å². The molecule has 1 saturated carbocycles. The molecule has 1 saturated heterocycles. The Labute approximate surface area is 218 Å². The first-order chi connectivity index (χ1) is 17.7. The van der Waals surface area contributed by atoms with Gasteiger partial charge in [-0.3, -0.25) is 14.4 Å². The fourth-order valence-electron chi connectivity index (χ4n) is 4.85. The smallest absolute Gasteiger partial charge is 0.405 e. The first-order valence-corrected chi connectivity index (χ1v) is 13.2. The molecule has 0 spiro atoms. The zero-order chi connectivity index (χ0) is 26.8. The quantitative estimate of drug-likeness (QED) is 0.377. The van der Waals surface area contributed by atoms with E-state index in [0.29, 0.717) is 25.9 Å². The van der Waals surface area contributed by atoms with Gasteiger partial charge in [-0.25, -0.2) is 4.79 Å². The summed E-state index contributed by atoms with van der Waals surface area (Å²) in [6, 6.07) is 8.74. The van der Waals surface area contributed by atoms with Crippen LogP contribution in [0.5, 0.6) is 0 Å². The van der Waals surface area contributed by atoms with Crippen molar-refractivity contribution >= 4 is 23.8 Å². The van der Waals surface area contributed by atoms with Gasteiger partial charge in [0.05, 0.1) is 13.2 Å². The molecule has 3 rings (SSSR count). The summed E-state index contributed by atoms with van der Waals surface area (Å²) in [6.07, 6.45) is 5.36. The van der Waals surface area contributed by atoms with Gasteiger partial charge in [0.25, 0.3) is 0 Å². The summed E-state index contributed by atoms with van der Waals surface area (Å²) in [5, 5.41) is 17.1. The van der Waals surface area contributed by atoms with Crippen molar-refractivity contribution in [3.63, 3.8) is 0 Å². The van der Waals surface area contributed by atoms with Gasteiger partial charge in [-0.15, -0.1) is 0 Å². The molecule has 4 N–H and O–H groups in total. The SMILES string of the molecule is CC(C)(NC(=O)O)C(=O)NC(COCc1ccccc1)C(=O)N1CCC(C(=O)NC2CCCCC2)CC1. The van der Waals surface area contributed by atoms with E-state index >= 15 is 0 Å². The van der Waals surface area contributed by atoms with E-state index in [1.54, 1.807) is 4.90 Å². The Morgan fingerprint density at radius 1 is 1.03 bits per heavy atom. The highest BCUT2D eigenvalue weighted by atomic mass is 16.5. The molecule has 0 radical (unpaired) electrons. The Hall–Kier alpha value is -3.14. The Balaban J connectivity index is 1.58. The summed E-state index contributed by atoms with van der Waals surface area (Å²) < 4.78 is 5.77. The molecule has 1 atom stereocenters. The lowest BCUT2D eigenvalue weighted by atomic mass is 9.92. The van der Waals surface area contributed by atoms with E-state index in [2.05, 4.69) is 16.0 Å². The average Bonchev–Trinajstić information content (AvgIpc) is 2.88. The zero-order valence-electron chi connectivity index (χ0n) is 21.8. The van der Waals surface area contributed by atoms with E-state index in [-0.39, 0.29) is 37.0 Å². The maximum atomic E-state index is 13.4. The highest BCUT2D eigenvalue weighted by Gasteiger charge is 2.36. The summed E-state index contributed by atoms with van der Waals surface area (Å²) in [6.45, 7) is 3.87. The third-order valence-electron chi connectivity index (χ3n) is 7.12. The monoisotopic (exact) mass is 516 g/mol. The predicted octanol–water partition coefficient (Wildman–Crippen LogP) is 2.42. The number of amides is 4. The second kappa shape index (κ2) is 13.4. The first-order valence-electron chi connectivity index (χ1n) is 13.2. The van der Waals surface area contributed by atoms with Crippen LogP contribution < -0.4 is 16.0 Å². The van der Waals surface area contributed by atoms with Gasteiger partial charge in [0.2, 0.25) is 17.7 Å². The molecule has 204 valence electrons. The van der Waals surface area contributed by atoms with E-state index in [1.807, 2.05) is 30.3 Å². The Morgan fingerprint density at radius 3 is 2.30 bits per heavy atom. The molecular formula is C27H40N4O6. The van der Waals surface area contributed by atoms with Crippen molar-refractivity contribution in [2.75, 3.05) is 19.7 Å². The van der Waals surface area contributed by atoms with Crippen molar-refractivity contribution in [2.45, 2.75) is 83.0 Å². The van der Waals surface area contributed by atoms with E-state index < -0.39 is 23.6 Å². The summed E-state index contributed by atoms with van der Waals surface area (Å²) in [4.78, 5) is 51.8. The number of likely N-dealkylation sites (tertiary alicyclic amines) is 1. The van der Waals surface area contributed by atoms with Gasteiger partial charge >= 0.3 is 6.09 Å². The van der Waals surface area contributed by atoms with Gasteiger partial charge < -0.3 is 30.7 Å². The molecule has 10 heteroatoms. The predicted molar refractivity (Wildman–Crippen MR) is 138 cm³/mol. The van der Waals surface area contributed by atoms with Gasteiger partial charge in [0, 0.05) is 25.0 Å². The minimum absolute atomic E-state index is 0.0648. The molecule has 1 aliphatic carbocycles. The van der Waals surface area contributed by atoms with Crippen molar-refractivity contribution in [2.24, 2.45) is 5.92 Å². The molecule has 1 heterocycles. The molecule has 0 bridgehead atoms. The molecule has 1 aromatic rings. The van der Waals surface area contributed by atoms with E-state index in [1.165, 1.54) is 20.3 Å². The first kappa shape index (κ1) is 28.4. The molecule has 37 heavy (non-hydrogen) atoms. The van der Waals surface area contributed by atoms with Crippen LogP contribution in [0.4, 0.5) is 4.79 Å². The number of piperidine rings is 1. The van der Waals surface area contributed by atoms with Crippen LogP contribution >= 0.6 is 0 Å². The second-order valence-corrected chi connectivity index (χ2v) is 10.5. The average molecular weight is 517 g/mol. The standard InChI is InChI=1S/C27H40N4O6/c1-27(2,30-26(35)36)25(34)29-22(18-37-17-19-9-5-3-6-10-19)24(33)31-15-13-20(14-16-31)23(32)28-21-11-7-4-8-12-21/h3,5-6,9-10,20-22,30H,4,7-8,11-18H2,1-2H3,(H,28,32)(H,29,34)(H,35,36). The lowest BCUT2D eigenvalue weighted by Gasteiger charge is -2.35. The minimum atomic E-state index is -1.44. The molecule has 1 unspecified atom stereocenters. The molecular weight excluding hydrogens is 476 g/mol. The number of carbonyl (C=O) groups is 4. The van der Waals surface area contributed by atoms with Gasteiger partial charge in [0.1, 0.15) is 11.6 Å². The normalized spacial score (nSPS) is 18.1. The largest absolute Gasteiger partial charge is 0.465 e. The van der Waals surface area contributed by atoms with Crippen LogP contribution in [0, 0.1) is 5.92 Å². The van der Waals surface area contributed by atoms with Crippen LogP contribution in [-0.4, -0.2) is 71.1 Å². The summed E-state index contributed by atoms with van der Waals surface area (Å²) in [5.74, 6) is -0.999. The fraction of sp³-hybridized carbons (Fsp3) is 0.630. The number of hydrogen-bond donors (Lipinski definition) is 4. The Kier molecular flexibility index (Phi) is 10.3. The molecule has 2 fully saturated rings. The molecule has 1 aromatic carbocycles. The third-order valence-corrected chi connectivity index (χ3v) is 7.12. The topological polar surface area (TPSA) is 137 Å². The maximum Gasteiger partial charge on any atom is 0.405 e. The second-order valence-electron chi connectivity index (χ2n) is 10.5. The number of hydrogen-bond acceptors (Lipinski definition) is 5. The van der Waals surface area contributed by atoms with E-state index in [4.69, 9.17) is 9.84 Å². The van der Waals surface area contributed by atoms with E-state index in [9.17, 15) is 19.2 Å². The third kappa shape index (κ3) is 8.73. The Bertz CT molecular complexity index is 924. The molecule has 4 amide bonds. The van der Waals surface area contributed by atoms with Gasteiger partial charge in [-0.05, 0) is 45.1 Å². The fourth-order valence-corrected chi connectivity index (χ4v) is 4.85. The van der Waals surface area contributed by atoms with Crippen LogP contribution in [-0.2, 0) is 25.7 Å². The molecule has 2 aliphatic rings. The summed E-state index contributed by atoms with van der Waals surface area (Å²) in [7, 11) is 0. The van der Waals surface area contributed by atoms with Crippen LogP contribution in [0.2, 0.25) is 0 Å². The van der Waals surface area contributed by atoms with Crippen LogP contribution in [0.25, 0.3) is 0 Å². The van der Waals surface area contributed by atoms with Crippen molar-refractivity contribution < 1.29 is 29.0 Å². The number of carbonyl (C=O) groups excluding carboxylic acids is 3. The van der Waals surface area contributed by atoms with Gasteiger partial charge in [-0.1, -0.05) is 49.6 Å². The maximum absolute atomic E-state index is 13.4. The van der Waals surface area contributed by atoms with Gasteiger partial charge in [-0.2, -0.15) is 0 Å². The highest BCUT2D eigenvalue weighted by Crippen LogP contribution is 2.22. The highest BCUT2D eigenvalue weighted by molar-refractivity contribution is 5.93. The number of ether oxygens (including phenoxy) is 1. The number of rotatable bonds is 10. The van der Waals surface area contributed by atoms with Crippen LogP contribution in [0.1, 0.15) is 64.4 Å². The molecule has 0 aromatic heterocycles. The summed E-state index contributed by atoms with van der Waals surface area (Å²) >= 11 is 0. The van der Waals surface area contributed by atoms with Gasteiger partial charge in [0.15, 0.2) is 0 Å². The van der Waals surface area contributed by atoms with Crippen molar-refractivity contribution in [1.29, 1.82) is 0 Å². The van der Waals surface area contributed by atoms with Crippen LogP contribution in [0.3, 0.4) is 0 Å². The molecule has 1 aliphatic heterocycles. The number of nitrogens with one attached hydrogen (secondary N) is 3. The Morgan fingerprint density at radius 2 is 1.68 bits per heavy atom.